The summed E-state index contributed by atoms with van der Waals surface area (Å²) >= 11 is 0. The summed E-state index contributed by atoms with van der Waals surface area (Å²) in [5.41, 5.74) is 1.34. The van der Waals surface area contributed by atoms with Crippen LogP contribution in [0.5, 0.6) is 0 Å². The summed E-state index contributed by atoms with van der Waals surface area (Å²) in [4.78, 5) is 0. The minimum atomic E-state index is 1.31. The normalized spacial score (nSPS) is 12.0. The van der Waals surface area contributed by atoms with Crippen molar-refractivity contribution in [1.82, 2.24) is 4.40 Å². The van der Waals surface area contributed by atoms with Gasteiger partial charge in [-0.1, -0.05) is 36.4 Å². The van der Waals surface area contributed by atoms with Crippen molar-refractivity contribution in [2.45, 2.75) is 0 Å². The molecule has 4 rings (SSSR count). The third-order valence-electron chi connectivity index (χ3n) is 3.14. The lowest BCUT2D eigenvalue weighted by Crippen LogP contribution is -1.81. The standard InChI is InChI=1S/C14H9N/c1-3-10-6-7-11-5-2-8-15-9-12(4-1)13(10)14(11)15/h1-9H. The Kier molecular flexibility index (Phi) is 1.13. The molecule has 0 amide bonds. The topological polar surface area (TPSA) is 4.41 Å². The average Bonchev–Trinajstić information content (AvgIpc) is 2.66. The largest absolute Gasteiger partial charge is 0.322 e. The van der Waals surface area contributed by atoms with Crippen LogP contribution in [0.2, 0.25) is 0 Å². The summed E-state index contributed by atoms with van der Waals surface area (Å²) in [6.45, 7) is 0. The van der Waals surface area contributed by atoms with Gasteiger partial charge in [0.05, 0.1) is 5.52 Å². The molecule has 4 aromatic rings. The highest BCUT2D eigenvalue weighted by Crippen LogP contribution is 2.31. The van der Waals surface area contributed by atoms with Crippen molar-refractivity contribution in [1.29, 1.82) is 0 Å². The number of pyridine rings is 1. The molecule has 0 bridgehead atoms. The maximum atomic E-state index is 2.22. The van der Waals surface area contributed by atoms with Crippen LogP contribution in [-0.4, -0.2) is 4.40 Å². The minimum absolute atomic E-state index is 1.31. The third kappa shape index (κ3) is 0.785. The second-order valence-corrected chi connectivity index (χ2v) is 3.99. The fourth-order valence-corrected chi connectivity index (χ4v) is 2.50. The third-order valence-corrected chi connectivity index (χ3v) is 3.14. The molecule has 0 fully saturated rings. The molecule has 0 aliphatic carbocycles. The summed E-state index contributed by atoms with van der Waals surface area (Å²) < 4.78 is 2.22. The highest BCUT2D eigenvalue weighted by atomic mass is 14.9. The van der Waals surface area contributed by atoms with Crippen LogP contribution < -0.4 is 0 Å². The molecule has 0 aliphatic heterocycles. The second kappa shape index (κ2) is 2.31. The molecule has 0 atom stereocenters. The van der Waals surface area contributed by atoms with Crippen LogP contribution in [0.1, 0.15) is 0 Å². The van der Waals surface area contributed by atoms with Crippen LogP contribution in [0, 0.1) is 0 Å². The first-order valence-corrected chi connectivity index (χ1v) is 5.14. The first-order chi connectivity index (χ1) is 7.43. The Labute approximate surface area is 86.9 Å². The fraction of sp³-hybridized carbons (Fsp3) is 0. The quantitative estimate of drug-likeness (QED) is 0.373. The van der Waals surface area contributed by atoms with E-state index < -0.39 is 0 Å². The zero-order valence-corrected chi connectivity index (χ0v) is 8.14. The molecular weight excluding hydrogens is 182 g/mol. The van der Waals surface area contributed by atoms with Gasteiger partial charge in [-0.25, -0.2) is 0 Å². The molecule has 2 heterocycles. The first kappa shape index (κ1) is 7.30. The van der Waals surface area contributed by atoms with E-state index in [1.807, 2.05) is 0 Å². The summed E-state index contributed by atoms with van der Waals surface area (Å²) in [5, 5.41) is 5.35. The van der Waals surface area contributed by atoms with Gasteiger partial charge in [-0.05, 0) is 16.8 Å². The smallest absolute Gasteiger partial charge is 0.0607 e. The van der Waals surface area contributed by atoms with E-state index in [0.29, 0.717) is 0 Å². The van der Waals surface area contributed by atoms with Gasteiger partial charge in [-0.2, -0.15) is 0 Å². The number of benzene rings is 2. The van der Waals surface area contributed by atoms with E-state index in [1.165, 1.54) is 27.1 Å². The zero-order chi connectivity index (χ0) is 9.83. The summed E-state index contributed by atoms with van der Waals surface area (Å²) in [6, 6.07) is 15.1. The summed E-state index contributed by atoms with van der Waals surface area (Å²) in [7, 11) is 0. The van der Waals surface area contributed by atoms with Gasteiger partial charge >= 0.3 is 0 Å². The number of hydrogen-bond donors (Lipinski definition) is 0. The Morgan fingerprint density at radius 1 is 0.733 bits per heavy atom. The lowest BCUT2D eigenvalue weighted by atomic mass is 10.1. The Morgan fingerprint density at radius 3 is 2.53 bits per heavy atom. The highest BCUT2D eigenvalue weighted by Gasteiger charge is 2.07. The van der Waals surface area contributed by atoms with Crippen LogP contribution in [-0.2, 0) is 0 Å². The molecule has 0 spiro atoms. The van der Waals surface area contributed by atoms with Crippen molar-refractivity contribution in [3.8, 4) is 0 Å². The van der Waals surface area contributed by atoms with Crippen molar-refractivity contribution in [3.05, 3.63) is 54.9 Å². The van der Waals surface area contributed by atoms with Crippen molar-refractivity contribution < 1.29 is 0 Å². The van der Waals surface area contributed by atoms with E-state index in [2.05, 4.69) is 59.3 Å². The molecule has 0 aliphatic rings. The van der Waals surface area contributed by atoms with Crippen molar-refractivity contribution in [2.75, 3.05) is 0 Å². The van der Waals surface area contributed by atoms with E-state index in [4.69, 9.17) is 0 Å². The van der Waals surface area contributed by atoms with E-state index in [-0.39, 0.29) is 0 Å². The highest BCUT2D eigenvalue weighted by molar-refractivity contribution is 6.15. The van der Waals surface area contributed by atoms with Gasteiger partial charge in [0, 0.05) is 23.2 Å². The van der Waals surface area contributed by atoms with Crippen LogP contribution in [0.15, 0.2) is 54.9 Å². The molecule has 15 heavy (non-hydrogen) atoms. The summed E-state index contributed by atoms with van der Waals surface area (Å²) in [5.74, 6) is 0. The Balaban J connectivity index is 2.54. The van der Waals surface area contributed by atoms with Gasteiger partial charge < -0.3 is 4.40 Å². The van der Waals surface area contributed by atoms with Gasteiger partial charge in [-0.15, -0.1) is 0 Å². The van der Waals surface area contributed by atoms with Crippen molar-refractivity contribution in [2.24, 2.45) is 0 Å². The molecule has 0 N–H and O–H groups in total. The van der Waals surface area contributed by atoms with Crippen LogP contribution in [0.4, 0.5) is 0 Å². The first-order valence-electron chi connectivity index (χ1n) is 5.14. The Bertz CT molecular complexity index is 700. The fourth-order valence-electron chi connectivity index (χ4n) is 2.50. The molecule has 0 saturated heterocycles. The maximum absolute atomic E-state index is 2.22. The molecule has 70 valence electrons. The van der Waals surface area contributed by atoms with E-state index in [0.717, 1.165) is 0 Å². The predicted molar refractivity (Wildman–Crippen MR) is 63.6 cm³/mol. The van der Waals surface area contributed by atoms with Gasteiger partial charge in [0.1, 0.15) is 0 Å². The van der Waals surface area contributed by atoms with E-state index in [9.17, 15) is 0 Å². The van der Waals surface area contributed by atoms with Gasteiger partial charge in [0.2, 0.25) is 0 Å². The Hall–Kier alpha value is -2.02. The minimum Gasteiger partial charge on any atom is -0.322 e. The molecule has 2 aromatic carbocycles. The predicted octanol–water partition coefficient (Wildman–Crippen LogP) is 3.68. The van der Waals surface area contributed by atoms with Crippen molar-refractivity contribution >= 4 is 27.1 Å². The van der Waals surface area contributed by atoms with Gasteiger partial charge in [0.15, 0.2) is 0 Å². The van der Waals surface area contributed by atoms with Crippen LogP contribution >= 0.6 is 0 Å². The lowest BCUT2D eigenvalue weighted by Gasteiger charge is -2.01. The van der Waals surface area contributed by atoms with Crippen molar-refractivity contribution in [3.63, 3.8) is 0 Å². The zero-order valence-electron chi connectivity index (χ0n) is 8.14. The van der Waals surface area contributed by atoms with Crippen LogP contribution in [0.3, 0.4) is 0 Å². The molecule has 0 saturated carbocycles. The molecule has 1 heteroatoms. The number of nitrogens with zero attached hydrogens (tertiary/aromatic N) is 1. The molecule has 2 aromatic heterocycles. The number of hydrogen-bond acceptors (Lipinski definition) is 0. The van der Waals surface area contributed by atoms with E-state index >= 15 is 0 Å². The number of rotatable bonds is 0. The second-order valence-electron chi connectivity index (χ2n) is 3.99. The molecule has 0 unspecified atom stereocenters. The van der Waals surface area contributed by atoms with Gasteiger partial charge in [-0.3, -0.25) is 0 Å². The average molecular weight is 191 g/mol. The monoisotopic (exact) mass is 191 g/mol. The van der Waals surface area contributed by atoms with Crippen LogP contribution in [0.25, 0.3) is 27.1 Å². The molecule has 1 nitrogen and oxygen atoms in total. The SMILES string of the molecule is c1cc2ccc3cccn4cc(c1)c2c34. The Morgan fingerprint density at radius 2 is 1.53 bits per heavy atom. The van der Waals surface area contributed by atoms with Gasteiger partial charge in [0.25, 0.3) is 0 Å². The lowest BCUT2D eigenvalue weighted by molar-refractivity contribution is 1.22. The number of aromatic nitrogens is 1. The maximum Gasteiger partial charge on any atom is 0.0607 e. The molecular formula is C14H9N. The summed E-state index contributed by atoms with van der Waals surface area (Å²) in [6.07, 6.45) is 4.31. The van der Waals surface area contributed by atoms with E-state index in [1.54, 1.807) is 0 Å². The molecule has 0 radical (unpaired) electrons.